The molecule has 1 unspecified atom stereocenters. The van der Waals surface area contributed by atoms with E-state index in [0.717, 1.165) is 5.69 Å². The highest BCUT2D eigenvalue weighted by molar-refractivity contribution is 5.33. The van der Waals surface area contributed by atoms with Crippen molar-refractivity contribution in [3.63, 3.8) is 0 Å². The van der Waals surface area contributed by atoms with E-state index in [9.17, 15) is 8.78 Å². The van der Waals surface area contributed by atoms with Gasteiger partial charge in [0.05, 0.1) is 6.04 Å². The third kappa shape index (κ3) is 2.37. The standard InChI is InChI=1S/C13H13F2N3/c1-8-7-9(5-6-17-8)13(18-16)12-10(14)3-2-4-11(12)15/h2-7,13,18H,16H2,1H3. The molecule has 3 nitrogen and oxygen atoms in total. The van der Waals surface area contributed by atoms with Gasteiger partial charge in [0.25, 0.3) is 0 Å². The van der Waals surface area contributed by atoms with Gasteiger partial charge in [-0.15, -0.1) is 0 Å². The van der Waals surface area contributed by atoms with Crippen molar-refractivity contribution in [3.8, 4) is 0 Å². The number of aryl methyl sites for hydroxylation is 1. The Morgan fingerprint density at radius 3 is 2.44 bits per heavy atom. The van der Waals surface area contributed by atoms with Crippen LogP contribution in [0.3, 0.4) is 0 Å². The Balaban J connectivity index is 2.52. The van der Waals surface area contributed by atoms with E-state index in [2.05, 4.69) is 10.4 Å². The van der Waals surface area contributed by atoms with Crippen LogP contribution >= 0.6 is 0 Å². The van der Waals surface area contributed by atoms with Gasteiger partial charge in [-0.05, 0) is 36.8 Å². The first kappa shape index (κ1) is 12.6. The summed E-state index contributed by atoms with van der Waals surface area (Å²) in [6.07, 6.45) is 1.58. The van der Waals surface area contributed by atoms with Crippen LogP contribution in [-0.4, -0.2) is 4.98 Å². The number of aromatic nitrogens is 1. The molecular weight excluding hydrogens is 236 g/mol. The molecule has 0 amide bonds. The first-order chi connectivity index (χ1) is 8.63. The molecule has 1 atom stereocenters. The Bertz CT molecular complexity index is 537. The fraction of sp³-hybridized carbons (Fsp3) is 0.154. The zero-order valence-corrected chi connectivity index (χ0v) is 9.82. The number of hydrazine groups is 1. The fourth-order valence-corrected chi connectivity index (χ4v) is 1.88. The Hall–Kier alpha value is -1.85. The normalized spacial score (nSPS) is 12.4. The van der Waals surface area contributed by atoms with Crippen LogP contribution in [0.5, 0.6) is 0 Å². The summed E-state index contributed by atoms with van der Waals surface area (Å²) in [7, 11) is 0. The molecule has 18 heavy (non-hydrogen) atoms. The maximum atomic E-state index is 13.7. The molecule has 0 aliphatic rings. The Kier molecular flexibility index (Phi) is 3.64. The Morgan fingerprint density at radius 2 is 1.89 bits per heavy atom. The molecule has 0 saturated carbocycles. The number of hydrogen-bond donors (Lipinski definition) is 2. The van der Waals surface area contributed by atoms with Gasteiger partial charge in [-0.2, -0.15) is 0 Å². The second-order valence-corrected chi connectivity index (χ2v) is 3.97. The van der Waals surface area contributed by atoms with Gasteiger partial charge in [0.15, 0.2) is 0 Å². The van der Waals surface area contributed by atoms with Gasteiger partial charge in [-0.1, -0.05) is 6.07 Å². The topological polar surface area (TPSA) is 50.9 Å². The van der Waals surface area contributed by atoms with Crippen molar-refractivity contribution in [1.29, 1.82) is 0 Å². The summed E-state index contributed by atoms with van der Waals surface area (Å²) in [6.45, 7) is 1.80. The first-order valence-electron chi connectivity index (χ1n) is 5.46. The van der Waals surface area contributed by atoms with Gasteiger partial charge in [0.2, 0.25) is 0 Å². The van der Waals surface area contributed by atoms with E-state index in [4.69, 9.17) is 5.84 Å². The molecule has 0 spiro atoms. The van der Waals surface area contributed by atoms with Crippen LogP contribution in [0.15, 0.2) is 36.5 Å². The zero-order valence-electron chi connectivity index (χ0n) is 9.82. The van der Waals surface area contributed by atoms with E-state index in [1.807, 2.05) is 0 Å². The van der Waals surface area contributed by atoms with Gasteiger partial charge in [-0.3, -0.25) is 10.8 Å². The predicted molar refractivity (Wildman–Crippen MR) is 64.5 cm³/mol. The predicted octanol–water partition coefficient (Wildman–Crippen LogP) is 2.22. The summed E-state index contributed by atoms with van der Waals surface area (Å²) in [6, 6.07) is 6.39. The molecule has 94 valence electrons. The largest absolute Gasteiger partial charge is 0.271 e. The van der Waals surface area contributed by atoms with Crippen LogP contribution in [0.1, 0.15) is 22.9 Å². The number of nitrogens with one attached hydrogen (secondary N) is 1. The molecule has 0 aliphatic carbocycles. The van der Waals surface area contributed by atoms with Crippen molar-refractivity contribution in [1.82, 2.24) is 10.4 Å². The van der Waals surface area contributed by atoms with Crippen molar-refractivity contribution in [2.24, 2.45) is 5.84 Å². The fourth-order valence-electron chi connectivity index (χ4n) is 1.88. The molecule has 3 N–H and O–H groups in total. The molecule has 2 aromatic rings. The van der Waals surface area contributed by atoms with Crippen molar-refractivity contribution in [2.45, 2.75) is 13.0 Å². The van der Waals surface area contributed by atoms with Gasteiger partial charge in [0, 0.05) is 17.5 Å². The molecule has 5 heteroatoms. The minimum Gasteiger partial charge on any atom is -0.271 e. The molecule has 0 fully saturated rings. The molecular formula is C13H13F2N3. The van der Waals surface area contributed by atoms with Crippen LogP contribution in [0.25, 0.3) is 0 Å². The SMILES string of the molecule is Cc1cc(C(NN)c2c(F)cccc2F)ccn1. The maximum Gasteiger partial charge on any atom is 0.131 e. The molecule has 1 heterocycles. The molecule has 2 rings (SSSR count). The second kappa shape index (κ2) is 5.20. The molecule has 0 radical (unpaired) electrons. The third-order valence-corrected chi connectivity index (χ3v) is 2.71. The highest BCUT2D eigenvalue weighted by Gasteiger charge is 2.20. The van der Waals surface area contributed by atoms with E-state index in [0.29, 0.717) is 5.56 Å². The minimum atomic E-state index is -0.743. The first-order valence-corrected chi connectivity index (χ1v) is 5.46. The lowest BCUT2D eigenvalue weighted by molar-refractivity contribution is 0.510. The smallest absolute Gasteiger partial charge is 0.131 e. The highest BCUT2D eigenvalue weighted by Crippen LogP contribution is 2.26. The average molecular weight is 249 g/mol. The molecule has 0 aliphatic heterocycles. The molecule has 1 aromatic carbocycles. The van der Waals surface area contributed by atoms with E-state index < -0.39 is 17.7 Å². The summed E-state index contributed by atoms with van der Waals surface area (Å²) in [4.78, 5) is 4.04. The number of nitrogens with zero attached hydrogens (tertiary/aromatic N) is 1. The quantitative estimate of drug-likeness (QED) is 0.647. The second-order valence-electron chi connectivity index (χ2n) is 3.97. The number of nitrogens with two attached hydrogens (primary N) is 1. The van der Waals surface area contributed by atoms with Crippen LogP contribution in [-0.2, 0) is 0 Å². The van der Waals surface area contributed by atoms with E-state index in [1.54, 1.807) is 25.3 Å². The lowest BCUT2D eigenvalue weighted by atomic mass is 9.98. The van der Waals surface area contributed by atoms with Gasteiger partial charge in [-0.25, -0.2) is 14.2 Å². The van der Waals surface area contributed by atoms with Crippen molar-refractivity contribution >= 4 is 0 Å². The Labute approximate surface area is 104 Å². The molecule has 0 bridgehead atoms. The van der Waals surface area contributed by atoms with E-state index in [1.165, 1.54) is 18.2 Å². The number of hydrogen-bond acceptors (Lipinski definition) is 3. The van der Waals surface area contributed by atoms with E-state index >= 15 is 0 Å². The summed E-state index contributed by atoms with van der Waals surface area (Å²) >= 11 is 0. The summed E-state index contributed by atoms with van der Waals surface area (Å²) in [5.74, 6) is 4.16. The average Bonchev–Trinajstić information content (AvgIpc) is 2.34. The summed E-state index contributed by atoms with van der Waals surface area (Å²) in [5, 5.41) is 0. The summed E-state index contributed by atoms with van der Waals surface area (Å²) < 4.78 is 27.4. The lowest BCUT2D eigenvalue weighted by Gasteiger charge is -2.18. The number of benzene rings is 1. The number of pyridine rings is 1. The Morgan fingerprint density at radius 1 is 1.22 bits per heavy atom. The van der Waals surface area contributed by atoms with Crippen LogP contribution in [0, 0.1) is 18.6 Å². The minimum absolute atomic E-state index is 0.0920. The number of halogens is 2. The van der Waals surface area contributed by atoms with E-state index in [-0.39, 0.29) is 5.56 Å². The molecule has 0 saturated heterocycles. The lowest BCUT2D eigenvalue weighted by Crippen LogP contribution is -2.30. The molecule has 1 aromatic heterocycles. The van der Waals surface area contributed by atoms with Crippen LogP contribution in [0.4, 0.5) is 8.78 Å². The van der Waals surface area contributed by atoms with Crippen molar-refractivity contribution < 1.29 is 8.78 Å². The van der Waals surface area contributed by atoms with Crippen LogP contribution in [0.2, 0.25) is 0 Å². The van der Waals surface area contributed by atoms with Gasteiger partial charge in [0.1, 0.15) is 11.6 Å². The third-order valence-electron chi connectivity index (χ3n) is 2.71. The van der Waals surface area contributed by atoms with Gasteiger partial charge >= 0.3 is 0 Å². The highest BCUT2D eigenvalue weighted by atomic mass is 19.1. The van der Waals surface area contributed by atoms with Crippen molar-refractivity contribution in [3.05, 3.63) is 65.0 Å². The van der Waals surface area contributed by atoms with Gasteiger partial charge < -0.3 is 0 Å². The maximum absolute atomic E-state index is 13.7. The van der Waals surface area contributed by atoms with Crippen molar-refractivity contribution in [2.75, 3.05) is 0 Å². The summed E-state index contributed by atoms with van der Waals surface area (Å²) in [5.41, 5.74) is 3.76. The van der Waals surface area contributed by atoms with Crippen LogP contribution < -0.4 is 11.3 Å². The zero-order chi connectivity index (χ0) is 13.1. The monoisotopic (exact) mass is 249 g/mol. The number of rotatable bonds is 3.